The zero-order valence-electron chi connectivity index (χ0n) is 23.6. The van der Waals surface area contributed by atoms with Crippen molar-refractivity contribution >= 4 is 27.7 Å². The summed E-state index contributed by atoms with van der Waals surface area (Å²) in [4.78, 5) is 27.9. The van der Waals surface area contributed by atoms with Crippen LogP contribution in [0.1, 0.15) is 74.9 Å². The Morgan fingerprint density at radius 1 is 1.00 bits per heavy atom. The molecule has 0 spiro atoms. The lowest BCUT2D eigenvalue weighted by atomic mass is 9.90. The first-order valence-electron chi connectivity index (χ1n) is 15.1. The predicted octanol–water partition coefficient (Wildman–Crippen LogP) is 5.64. The molecule has 6 rings (SSSR count). The molecule has 1 aromatic carbocycles. The van der Waals surface area contributed by atoms with E-state index in [0.29, 0.717) is 25.9 Å². The number of aryl methyl sites for hydroxylation is 1. The molecule has 3 aromatic heterocycles. The van der Waals surface area contributed by atoms with Gasteiger partial charge in [-0.1, -0.05) is 44.0 Å². The largest absolute Gasteiger partial charge is 0.393 e. The fraction of sp³-hybridized carbons (Fsp3) is 0.485. The predicted molar refractivity (Wildman–Crippen MR) is 159 cm³/mol. The van der Waals surface area contributed by atoms with Gasteiger partial charge in [0, 0.05) is 48.3 Å². The summed E-state index contributed by atoms with van der Waals surface area (Å²) < 4.78 is 2.19. The molecule has 1 fully saturated rings. The molecule has 2 aliphatic rings. The second-order valence-corrected chi connectivity index (χ2v) is 11.5. The van der Waals surface area contributed by atoms with Crippen LogP contribution in [0, 0.1) is 0 Å². The van der Waals surface area contributed by atoms with E-state index in [0.717, 1.165) is 59.9 Å². The highest BCUT2D eigenvalue weighted by atomic mass is 16.3. The molecule has 0 radical (unpaired) electrons. The summed E-state index contributed by atoms with van der Waals surface area (Å²) in [7, 11) is 0. The van der Waals surface area contributed by atoms with E-state index in [2.05, 4.69) is 52.8 Å². The van der Waals surface area contributed by atoms with Crippen molar-refractivity contribution in [2.75, 3.05) is 19.6 Å². The number of aliphatic hydroxyl groups is 1. The maximum atomic E-state index is 13.5. The topological polar surface area (TPSA) is 74.5 Å². The van der Waals surface area contributed by atoms with Gasteiger partial charge in [0.25, 0.3) is 0 Å². The lowest BCUT2D eigenvalue weighted by Gasteiger charge is -2.35. The van der Waals surface area contributed by atoms with Gasteiger partial charge in [-0.3, -0.25) is 19.7 Å². The fourth-order valence-corrected chi connectivity index (χ4v) is 6.75. The number of unbranched alkanes of at least 4 members (excludes halogenated alkanes) is 2. The Hall–Kier alpha value is -3.29. The maximum absolute atomic E-state index is 13.5. The molecule has 1 aliphatic heterocycles. The minimum atomic E-state index is -0.300. The Bertz CT molecular complexity index is 1470. The van der Waals surface area contributed by atoms with E-state index in [1.807, 2.05) is 23.4 Å². The molecule has 1 saturated heterocycles. The molecule has 1 atom stereocenters. The molecular formula is C33H41N5O2. The van der Waals surface area contributed by atoms with Gasteiger partial charge in [0.15, 0.2) is 0 Å². The molecular weight excluding hydrogens is 498 g/mol. The van der Waals surface area contributed by atoms with Crippen molar-refractivity contribution in [3.63, 3.8) is 0 Å². The Morgan fingerprint density at radius 2 is 1.85 bits per heavy atom. The number of aromatic nitrogens is 3. The molecule has 0 saturated carbocycles. The monoisotopic (exact) mass is 539 g/mol. The highest BCUT2D eigenvalue weighted by Crippen LogP contribution is 2.36. The third-order valence-electron chi connectivity index (χ3n) is 8.87. The van der Waals surface area contributed by atoms with Crippen LogP contribution in [0.2, 0.25) is 0 Å². The van der Waals surface area contributed by atoms with E-state index >= 15 is 0 Å². The van der Waals surface area contributed by atoms with Crippen molar-refractivity contribution in [2.24, 2.45) is 0 Å². The Morgan fingerprint density at radius 3 is 2.70 bits per heavy atom. The SMILES string of the molecule is CCCCCN(Cc1nccc2c3ccccc3n(CC(=O)N3CCC(O)CC3)c12)C1CCCc2cccnc21. The number of benzene rings is 1. The minimum absolute atomic E-state index is 0.106. The average Bonchev–Trinajstić information content (AvgIpc) is 3.31. The third kappa shape index (κ3) is 5.37. The van der Waals surface area contributed by atoms with Gasteiger partial charge in [0.05, 0.1) is 29.1 Å². The molecule has 7 nitrogen and oxygen atoms in total. The van der Waals surface area contributed by atoms with E-state index in [4.69, 9.17) is 9.97 Å². The number of likely N-dealkylation sites (tertiary alicyclic amines) is 1. The van der Waals surface area contributed by atoms with Gasteiger partial charge >= 0.3 is 0 Å². The smallest absolute Gasteiger partial charge is 0.242 e. The standard InChI is InChI=1S/C33H41N5O2/c1-2-3-6-19-37(30-13-7-9-24-10-8-17-35-32(24)30)22-28-33-27(14-18-34-28)26-11-4-5-12-29(26)38(33)23-31(40)36-20-15-25(39)16-21-36/h4-5,8,10-12,14,17-18,25,30,39H,2-3,6-7,9,13,15-16,19-23H2,1H3. The first kappa shape index (κ1) is 26.9. The zero-order valence-corrected chi connectivity index (χ0v) is 23.6. The molecule has 1 unspecified atom stereocenters. The summed E-state index contributed by atoms with van der Waals surface area (Å²) in [6, 6.07) is 15.1. The second kappa shape index (κ2) is 12.1. The summed E-state index contributed by atoms with van der Waals surface area (Å²) in [5, 5.41) is 12.3. The third-order valence-corrected chi connectivity index (χ3v) is 8.87. The minimum Gasteiger partial charge on any atom is -0.393 e. The van der Waals surface area contributed by atoms with E-state index in [9.17, 15) is 9.90 Å². The van der Waals surface area contributed by atoms with Crippen molar-refractivity contribution in [1.82, 2.24) is 24.3 Å². The average molecular weight is 540 g/mol. The van der Waals surface area contributed by atoms with Crippen molar-refractivity contribution in [2.45, 2.75) is 83.5 Å². The molecule has 1 amide bonds. The highest BCUT2D eigenvalue weighted by molar-refractivity contribution is 6.09. The number of nitrogens with zero attached hydrogens (tertiary/aromatic N) is 5. The van der Waals surface area contributed by atoms with E-state index in [-0.39, 0.29) is 24.6 Å². The molecule has 0 bridgehead atoms. The molecule has 1 N–H and O–H groups in total. The number of aliphatic hydroxyl groups excluding tert-OH is 1. The number of carbonyl (C=O) groups is 1. The molecule has 7 heteroatoms. The van der Waals surface area contributed by atoms with Crippen LogP contribution in [0.25, 0.3) is 21.8 Å². The van der Waals surface area contributed by atoms with Gasteiger partial charge in [-0.2, -0.15) is 0 Å². The van der Waals surface area contributed by atoms with E-state index < -0.39 is 0 Å². The first-order chi connectivity index (χ1) is 19.6. The number of hydrogen-bond donors (Lipinski definition) is 1. The van der Waals surface area contributed by atoms with Gasteiger partial charge in [-0.25, -0.2) is 0 Å². The van der Waals surface area contributed by atoms with Crippen LogP contribution in [0.3, 0.4) is 0 Å². The molecule has 40 heavy (non-hydrogen) atoms. The van der Waals surface area contributed by atoms with Gasteiger partial charge in [0.2, 0.25) is 5.91 Å². The van der Waals surface area contributed by atoms with Crippen molar-refractivity contribution in [1.29, 1.82) is 0 Å². The summed E-state index contributed by atoms with van der Waals surface area (Å²) in [5.41, 5.74) is 5.75. The number of piperidine rings is 1. The highest BCUT2D eigenvalue weighted by Gasteiger charge is 2.29. The van der Waals surface area contributed by atoms with Crippen molar-refractivity contribution < 1.29 is 9.90 Å². The van der Waals surface area contributed by atoms with Crippen LogP contribution in [0.15, 0.2) is 54.9 Å². The Kier molecular flexibility index (Phi) is 8.12. The van der Waals surface area contributed by atoms with Gasteiger partial charge < -0.3 is 14.6 Å². The van der Waals surface area contributed by atoms with Crippen molar-refractivity contribution in [3.8, 4) is 0 Å². The number of hydrogen-bond acceptors (Lipinski definition) is 5. The molecule has 210 valence electrons. The molecule has 4 heterocycles. The van der Waals surface area contributed by atoms with Crippen LogP contribution in [0.4, 0.5) is 0 Å². The molecule has 1 aliphatic carbocycles. The number of pyridine rings is 2. The van der Waals surface area contributed by atoms with E-state index in [1.54, 1.807) is 0 Å². The summed E-state index contributed by atoms with van der Waals surface area (Å²) in [5.74, 6) is 0.106. The van der Waals surface area contributed by atoms with Gasteiger partial charge in [0.1, 0.15) is 6.54 Å². The van der Waals surface area contributed by atoms with Crippen LogP contribution in [-0.4, -0.2) is 61.1 Å². The Balaban J connectivity index is 1.39. The number of fused-ring (bicyclic) bond motifs is 4. The normalized spacial score (nSPS) is 18.1. The zero-order chi connectivity index (χ0) is 27.5. The van der Waals surface area contributed by atoms with Gasteiger partial charge in [-0.05, 0) is 68.8 Å². The van der Waals surface area contributed by atoms with Crippen LogP contribution in [0.5, 0.6) is 0 Å². The maximum Gasteiger partial charge on any atom is 0.242 e. The Labute approximate surface area is 236 Å². The summed E-state index contributed by atoms with van der Waals surface area (Å²) in [6.45, 7) is 5.48. The van der Waals surface area contributed by atoms with Crippen LogP contribution < -0.4 is 0 Å². The number of rotatable bonds is 9. The second-order valence-electron chi connectivity index (χ2n) is 11.5. The lowest BCUT2D eigenvalue weighted by molar-refractivity contribution is -0.133. The molecule has 4 aromatic rings. The van der Waals surface area contributed by atoms with E-state index in [1.165, 1.54) is 30.5 Å². The number of amides is 1. The van der Waals surface area contributed by atoms with Crippen molar-refractivity contribution in [3.05, 3.63) is 71.8 Å². The fourth-order valence-electron chi connectivity index (χ4n) is 6.75. The van der Waals surface area contributed by atoms with Gasteiger partial charge in [-0.15, -0.1) is 0 Å². The summed E-state index contributed by atoms with van der Waals surface area (Å²) in [6.07, 6.45) is 11.8. The number of para-hydroxylation sites is 1. The summed E-state index contributed by atoms with van der Waals surface area (Å²) >= 11 is 0. The quantitative estimate of drug-likeness (QED) is 0.279. The van der Waals surface area contributed by atoms with Crippen LogP contribution >= 0.6 is 0 Å². The number of carbonyl (C=O) groups excluding carboxylic acids is 1. The first-order valence-corrected chi connectivity index (χ1v) is 15.1. The lowest BCUT2D eigenvalue weighted by Crippen LogP contribution is -2.41. The van der Waals surface area contributed by atoms with Crippen LogP contribution in [-0.2, 0) is 24.3 Å².